The number of hydrogen-bond acceptors (Lipinski definition) is 3. The van der Waals surface area contributed by atoms with Crippen LogP contribution in [0.5, 0.6) is 5.75 Å². The third-order valence-corrected chi connectivity index (χ3v) is 3.22. The maximum atomic E-state index is 8.99. The summed E-state index contributed by atoms with van der Waals surface area (Å²) >= 11 is 0. The fourth-order valence-corrected chi connectivity index (χ4v) is 2.14. The predicted molar refractivity (Wildman–Crippen MR) is 78.6 cm³/mol. The Morgan fingerprint density at radius 1 is 1.35 bits per heavy atom. The van der Waals surface area contributed by atoms with Crippen molar-refractivity contribution in [2.24, 2.45) is 0 Å². The molecule has 1 N–H and O–H groups in total. The van der Waals surface area contributed by atoms with E-state index >= 15 is 0 Å². The number of hydrogen-bond donors (Lipinski definition) is 1. The lowest BCUT2D eigenvalue weighted by Crippen LogP contribution is -2.15. The lowest BCUT2D eigenvalue weighted by Gasteiger charge is -2.11. The van der Waals surface area contributed by atoms with Gasteiger partial charge in [0.2, 0.25) is 0 Å². The van der Waals surface area contributed by atoms with Crippen LogP contribution >= 0.6 is 0 Å². The molecule has 0 bridgehead atoms. The van der Waals surface area contributed by atoms with E-state index in [1.807, 2.05) is 24.3 Å². The Labute approximate surface area is 119 Å². The SMILES string of the molecule is CCNCc1cccn1Cc1ccc(C#N)c(OC)c1. The van der Waals surface area contributed by atoms with Gasteiger partial charge in [-0.15, -0.1) is 0 Å². The molecule has 1 aromatic carbocycles. The van der Waals surface area contributed by atoms with E-state index in [4.69, 9.17) is 10.00 Å². The van der Waals surface area contributed by atoms with Gasteiger partial charge in [0.15, 0.2) is 0 Å². The number of nitriles is 1. The van der Waals surface area contributed by atoms with Gasteiger partial charge in [-0.25, -0.2) is 0 Å². The molecule has 0 aliphatic carbocycles. The molecule has 104 valence electrons. The Kier molecular flexibility index (Phi) is 4.80. The van der Waals surface area contributed by atoms with Crippen LogP contribution in [0.3, 0.4) is 0 Å². The van der Waals surface area contributed by atoms with Gasteiger partial charge in [-0.05, 0) is 36.4 Å². The monoisotopic (exact) mass is 269 g/mol. The van der Waals surface area contributed by atoms with E-state index in [1.165, 1.54) is 5.69 Å². The Bertz CT molecular complexity index is 610. The van der Waals surface area contributed by atoms with Gasteiger partial charge in [0.1, 0.15) is 11.8 Å². The zero-order valence-corrected chi connectivity index (χ0v) is 11.9. The molecular weight excluding hydrogens is 250 g/mol. The topological polar surface area (TPSA) is 50.0 Å². The van der Waals surface area contributed by atoms with Gasteiger partial charge in [-0.3, -0.25) is 0 Å². The van der Waals surface area contributed by atoms with Gasteiger partial charge >= 0.3 is 0 Å². The van der Waals surface area contributed by atoms with E-state index in [2.05, 4.69) is 35.1 Å². The minimum atomic E-state index is 0.566. The van der Waals surface area contributed by atoms with Gasteiger partial charge in [-0.1, -0.05) is 13.0 Å². The molecule has 0 aliphatic rings. The average molecular weight is 269 g/mol. The van der Waals surface area contributed by atoms with Crippen LogP contribution in [0.4, 0.5) is 0 Å². The molecule has 0 saturated heterocycles. The molecule has 0 aliphatic heterocycles. The van der Waals surface area contributed by atoms with Crippen molar-refractivity contribution >= 4 is 0 Å². The number of aromatic nitrogens is 1. The first-order valence-corrected chi connectivity index (χ1v) is 6.70. The highest BCUT2D eigenvalue weighted by Crippen LogP contribution is 2.20. The van der Waals surface area contributed by atoms with Gasteiger partial charge in [0, 0.05) is 25.0 Å². The molecular formula is C16H19N3O. The number of rotatable bonds is 6. The normalized spacial score (nSPS) is 10.2. The Hall–Kier alpha value is -2.25. The molecule has 4 heteroatoms. The van der Waals surface area contributed by atoms with Crippen LogP contribution in [-0.2, 0) is 13.1 Å². The summed E-state index contributed by atoms with van der Waals surface area (Å²) < 4.78 is 7.44. The molecule has 0 amide bonds. The van der Waals surface area contributed by atoms with Gasteiger partial charge in [-0.2, -0.15) is 5.26 Å². The summed E-state index contributed by atoms with van der Waals surface area (Å²) in [6.45, 7) is 4.68. The second kappa shape index (κ2) is 6.78. The molecule has 0 radical (unpaired) electrons. The van der Waals surface area contributed by atoms with Crippen molar-refractivity contribution in [1.82, 2.24) is 9.88 Å². The van der Waals surface area contributed by atoms with Crippen molar-refractivity contribution in [3.8, 4) is 11.8 Å². The number of ether oxygens (including phenoxy) is 1. The number of nitrogens with one attached hydrogen (secondary N) is 1. The lowest BCUT2D eigenvalue weighted by atomic mass is 10.1. The van der Waals surface area contributed by atoms with Crippen LogP contribution in [0.15, 0.2) is 36.5 Å². The van der Waals surface area contributed by atoms with Crippen LogP contribution in [-0.4, -0.2) is 18.2 Å². The molecule has 1 heterocycles. The minimum absolute atomic E-state index is 0.566. The highest BCUT2D eigenvalue weighted by molar-refractivity contribution is 5.45. The molecule has 4 nitrogen and oxygen atoms in total. The highest BCUT2D eigenvalue weighted by atomic mass is 16.5. The maximum Gasteiger partial charge on any atom is 0.136 e. The van der Waals surface area contributed by atoms with Crippen LogP contribution in [0.1, 0.15) is 23.7 Å². The smallest absolute Gasteiger partial charge is 0.136 e. The van der Waals surface area contributed by atoms with Crippen LogP contribution < -0.4 is 10.1 Å². The molecule has 0 saturated carbocycles. The largest absolute Gasteiger partial charge is 0.495 e. The van der Waals surface area contributed by atoms with Crippen molar-refractivity contribution < 1.29 is 4.74 Å². The Morgan fingerprint density at radius 2 is 2.20 bits per heavy atom. The van der Waals surface area contributed by atoms with Crippen molar-refractivity contribution in [2.75, 3.05) is 13.7 Å². The van der Waals surface area contributed by atoms with E-state index < -0.39 is 0 Å². The summed E-state index contributed by atoms with van der Waals surface area (Å²) in [6, 6.07) is 12.0. The quantitative estimate of drug-likeness (QED) is 0.876. The average Bonchev–Trinajstić information content (AvgIpc) is 2.92. The number of benzene rings is 1. The molecule has 20 heavy (non-hydrogen) atoms. The van der Waals surface area contributed by atoms with Crippen LogP contribution in [0.25, 0.3) is 0 Å². The van der Waals surface area contributed by atoms with E-state index in [-0.39, 0.29) is 0 Å². The van der Waals surface area contributed by atoms with E-state index in [0.29, 0.717) is 11.3 Å². The fraction of sp³-hybridized carbons (Fsp3) is 0.312. The lowest BCUT2D eigenvalue weighted by molar-refractivity contribution is 0.412. The van der Waals surface area contributed by atoms with E-state index in [1.54, 1.807) is 7.11 Å². The first kappa shape index (κ1) is 14.2. The predicted octanol–water partition coefficient (Wildman–Crippen LogP) is 2.53. The highest BCUT2D eigenvalue weighted by Gasteiger charge is 2.06. The minimum Gasteiger partial charge on any atom is -0.495 e. The van der Waals surface area contributed by atoms with Crippen molar-refractivity contribution in [3.63, 3.8) is 0 Å². The maximum absolute atomic E-state index is 8.99. The molecule has 2 aromatic rings. The number of methoxy groups -OCH3 is 1. The number of nitrogens with zero attached hydrogens (tertiary/aromatic N) is 2. The summed E-state index contributed by atoms with van der Waals surface area (Å²) in [5.41, 5.74) is 2.93. The van der Waals surface area contributed by atoms with Gasteiger partial charge in [0.25, 0.3) is 0 Å². The summed E-state index contributed by atoms with van der Waals surface area (Å²) in [5.74, 6) is 0.630. The Morgan fingerprint density at radius 3 is 2.90 bits per heavy atom. The van der Waals surface area contributed by atoms with Gasteiger partial charge < -0.3 is 14.6 Å². The third kappa shape index (κ3) is 3.19. The van der Waals surface area contributed by atoms with Gasteiger partial charge in [0.05, 0.1) is 12.7 Å². The van der Waals surface area contributed by atoms with E-state index in [9.17, 15) is 0 Å². The van der Waals surface area contributed by atoms with E-state index in [0.717, 1.165) is 25.2 Å². The zero-order valence-electron chi connectivity index (χ0n) is 11.9. The fourth-order valence-electron chi connectivity index (χ4n) is 2.14. The summed E-state index contributed by atoms with van der Waals surface area (Å²) in [7, 11) is 1.59. The van der Waals surface area contributed by atoms with Crippen LogP contribution in [0.2, 0.25) is 0 Å². The Balaban J connectivity index is 2.18. The molecule has 0 fully saturated rings. The molecule has 0 spiro atoms. The van der Waals surface area contributed by atoms with Crippen molar-refractivity contribution in [1.29, 1.82) is 5.26 Å². The van der Waals surface area contributed by atoms with Crippen LogP contribution in [0, 0.1) is 11.3 Å². The first-order chi connectivity index (χ1) is 9.78. The molecule has 1 aromatic heterocycles. The standard InChI is InChI=1S/C16H19N3O/c1-3-18-11-15-5-4-8-19(15)12-13-6-7-14(10-17)16(9-13)20-2/h4-9,18H,3,11-12H2,1-2H3. The second-order valence-electron chi connectivity index (χ2n) is 4.55. The zero-order chi connectivity index (χ0) is 14.4. The van der Waals surface area contributed by atoms with Crippen molar-refractivity contribution in [2.45, 2.75) is 20.0 Å². The third-order valence-electron chi connectivity index (χ3n) is 3.22. The summed E-state index contributed by atoms with van der Waals surface area (Å²) in [6.07, 6.45) is 2.07. The molecule has 0 unspecified atom stereocenters. The molecule has 0 atom stereocenters. The summed E-state index contributed by atoms with van der Waals surface area (Å²) in [5, 5.41) is 12.3. The molecule has 2 rings (SSSR count). The first-order valence-electron chi connectivity index (χ1n) is 6.70. The van der Waals surface area contributed by atoms with Crippen molar-refractivity contribution in [3.05, 3.63) is 53.3 Å². The summed E-state index contributed by atoms with van der Waals surface area (Å²) in [4.78, 5) is 0. The second-order valence-corrected chi connectivity index (χ2v) is 4.55.